The summed E-state index contributed by atoms with van der Waals surface area (Å²) in [5, 5.41) is 1.58. The van der Waals surface area contributed by atoms with Crippen molar-refractivity contribution in [2.45, 2.75) is 65.3 Å². The molecule has 0 spiro atoms. The first-order chi connectivity index (χ1) is 8.25. The van der Waals surface area contributed by atoms with Crippen molar-refractivity contribution >= 4 is 14.7 Å². The number of aryl methyl sites for hydroxylation is 1. The van der Waals surface area contributed by atoms with Crippen molar-refractivity contribution in [3.63, 3.8) is 0 Å². The molecule has 0 saturated carbocycles. The van der Waals surface area contributed by atoms with Gasteiger partial charge < -0.3 is 0 Å². The summed E-state index contributed by atoms with van der Waals surface area (Å²) in [6.07, 6.45) is 8.48. The second kappa shape index (κ2) is 8.52. The lowest BCUT2D eigenvalue weighted by atomic mass is 10.1. The van der Waals surface area contributed by atoms with E-state index >= 15 is 0 Å². The molecule has 0 amide bonds. The van der Waals surface area contributed by atoms with Gasteiger partial charge in [-0.25, -0.2) is 0 Å². The van der Waals surface area contributed by atoms with Crippen LogP contribution >= 0.6 is 0 Å². The van der Waals surface area contributed by atoms with Crippen molar-refractivity contribution in [2.24, 2.45) is 0 Å². The fourth-order valence-electron chi connectivity index (χ4n) is 2.07. The third kappa shape index (κ3) is 5.54. The molecule has 17 heavy (non-hydrogen) atoms. The number of hydrogen-bond donors (Lipinski definition) is 0. The van der Waals surface area contributed by atoms with Gasteiger partial charge in [0.1, 0.15) is 0 Å². The van der Waals surface area contributed by atoms with Gasteiger partial charge in [-0.05, 0) is 25.0 Å². The summed E-state index contributed by atoms with van der Waals surface area (Å²) in [7, 11) is 1.01. The molecule has 0 fully saturated rings. The minimum Gasteiger partial charge on any atom is -0.0654 e. The van der Waals surface area contributed by atoms with E-state index in [9.17, 15) is 0 Å². The van der Waals surface area contributed by atoms with E-state index in [1.165, 1.54) is 55.7 Å². The van der Waals surface area contributed by atoms with E-state index in [2.05, 4.69) is 39.0 Å². The largest absolute Gasteiger partial charge is 0.0811 e. The quantitative estimate of drug-likeness (QED) is 0.471. The summed E-state index contributed by atoms with van der Waals surface area (Å²) < 4.78 is 0. The van der Waals surface area contributed by atoms with Crippen molar-refractivity contribution in [2.75, 3.05) is 0 Å². The summed E-state index contributed by atoms with van der Waals surface area (Å²) in [5.41, 5.74) is 2.95. The van der Waals surface area contributed by atoms with Gasteiger partial charge in [-0.15, -0.1) is 0 Å². The third-order valence-corrected chi connectivity index (χ3v) is 4.98. The van der Waals surface area contributed by atoms with Crippen molar-refractivity contribution in [3.05, 3.63) is 29.3 Å². The maximum absolute atomic E-state index is 2.30. The van der Waals surface area contributed by atoms with E-state index in [0.717, 1.165) is 9.52 Å². The molecule has 0 N–H and O–H groups in total. The number of hydrogen-bond acceptors (Lipinski definition) is 0. The highest BCUT2D eigenvalue weighted by atomic mass is 28.2. The fourth-order valence-corrected chi connectivity index (χ4v) is 3.44. The van der Waals surface area contributed by atoms with Gasteiger partial charge in [-0.3, -0.25) is 0 Å². The molecule has 0 aliphatic carbocycles. The van der Waals surface area contributed by atoms with Gasteiger partial charge in [-0.2, -0.15) is 0 Å². The van der Waals surface area contributed by atoms with Crippen LogP contribution in [0.4, 0.5) is 0 Å². The molecule has 0 aliphatic heterocycles. The van der Waals surface area contributed by atoms with Crippen molar-refractivity contribution in [3.8, 4) is 0 Å². The van der Waals surface area contributed by atoms with Gasteiger partial charge in [0, 0.05) is 0 Å². The Balaban J connectivity index is 2.16. The first-order valence-electron chi connectivity index (χ1n) is 7.05. The Morgan fingerprint density at radius 2 is 1.65 bits per heavy atom. The lowest BCUT2D eigenvalue weighted by Crippen LogP contribution is -2.17. The topological polar surface area (TPSA) is 0 Å². The number of rotatable bonds is 8. The molecule has 0 atom stereocenters. The molecule has 94 valence electrons. The standard InChI is InChI=1S/C16H26Si/c1-4-5-6-7-8-9-13-17-16-12-10-11-14(2)15(16)3/h10-12H,4-9,13H2,1-3H3. The van der Waals surface area contributed by atoms with Crippen molar-refractivity contribution in [1.82, 2.24) is 0 Å². The van der Waals surface area contributed by atoms with E-state index in [1.54, 1.807) is 5.19 Å². The Hall–Kier alpha value is -0.563. The minimum atomic E-state index is 1.01. The average Bonchev–Trinajstić information content (AvgIpc) is 2.33. The Kier molecular flexibility index (Phi) is 7.26. The molecule has 0 bridgehead atoms. The van der Waals surface area contributed by atoms with E-state index in [-0.39, 0.29) is 0 Å². The van der Waals surface area contributed by atoms with Crippen LogP contribution in [0.15, 0.2) is 18.2 Å². The maximum Gasteiger partial charge on any atom is 0.0811 e. The van der Waals surface area contributed by atoms with E-state index in [4.69, 9.17) is 0 Å². The molecule has 1 rings (SSSR count). The smallest absolute Gasteiger partial charge is 0.0654 e. The third-order valence-electron chi connectivity index (χ3n) is 3.45. The van der Waals surface area contributed by atoms with Crippen LogP contribution in [-0.4, -0.2) is 9.52 Å². The lowest BCUT2D eigenvalue weighted by Gasteiger charge is -2.07. The summed E-state index contributed by atoms with van der Waals surface area (Å²) in [5.74, 6) is 0. The molecule has 2 radical (unpaired) electrons. The van der Waals surface area contributed by atoms with Gasteiger partial charge in [0.15, 0.2) is 0 Å². The SMILES string of the molecule is CCCCCCCC[Si]c1cccc(C)c1C. The van der Waals surface area contributed by atoms with E-state index in [1.807, 2.05) is 0 Å². The summed E-state index contributed by atoms with van der Waals surface area (Å²) in [6.45, 7) is 6.76. The Morgan fingerprint density at radius 3 is 2.41 bits per heavy atom. The van der Waals surface area contributed by atoms with Gasteiger partial charge >= 0.3 is 0 Å². The van der Waals surface area contributed by atoms with E-state index in [0.29, 0.717) is 0 Å². The highest BCUT2D eigenvalue weighted by molar-refractivity contribution is 6.54. The summed E-state index contributed by atoms with van der Waals surface area (Å²) >= 11 is 0. The van der Waals surface area contributed by atoms with Gasteiger partial charge in [-0.1, -0.05) is 74.9 Å². The van der Waals surface area contributed by atoms with Crippen LogP contribution in [0.25, 0.3) is 0 Å². The van der Waals surface area contributed by atoms with Crippen LogP contribution in [0.2, 0.25) is 6.04 Å². The molecule has 0 aliphatic rings. The lowest BCUT2D eigenvalue weighted by molar-refractivity contribution is 0.624. The normalized spacial score (nSPS) is 10.8. The first-order valence-corrected chi connectivity index (χ1v) is 8.26. The molecule has 0 heterocycles. The molecule has 0 aromatic heterocycles. The highest BCUT2D eigenvalue weighted by Crippen LogP contribution is 2.08. The van der Waals surface area contributed by atoms with Crippen molar-refractivity contribution < 1.29 is 0 Å². The second-order valence-corrected chi connectivity index (χ2v) is 6.33. The molecule has 0 saturated heterocycles. The molecule has 1 aromatic carbocycles. The Morgan fingerprint density at radius 1 is 0.941 bits per heavy atom. The molecule has 0 nitrogen and oxygen atoms in total. The van der Waals surface area contributed by atoms with Crippen LogP contribution in [-0.2, 0) is 0 Å². The minimum absolute atomic E-state index is 1.01. The summed E-state index contributed by atoms with van der Waals surface area (Å²) in [4.78, 5) is 0. The molecule has 0 unspecified atom stereocenters. The highest BCUT2D eigenvalue weighted by Gasteiger charge is 2.01. The number of unbranched alkanes of at least 4 members (excludes halogenated alkanes) is 5. The predicted molar refractivity (Wildman–Crippen MR) is 79.5 cm³/mol. The summed E-state index contributed by atoms with van der Waals surface area (Å²) in [6, 6.07) is 8.11. The van der Waals surface area contributed by atoms with Gasteiger partial charge in [0.2, 0.25) is 0 Å². The molecular formula is C16H26Si. The zero-order chi connectivity index (χ0) is 12.5. The van der Waals surface area contributed by atoms with Gasteiger partial charge in [0.05, 0.1) is 9.52 Å². The Bertz CT molecular complexity index is 317. The molecular weight excluding hydrogens is 220 g/mol. The zero-order valence-electron chi connectivity index (χ0n) is 11.7. The first kappa shape index (κ1) is 14.5. The van der Waals surface area contributed by atoms with Crippen LogP contribution in [0, 0.1) is 13.8 Å². The van der Waals surface area contributed by atoms with Gasteiger partial charge in [0.25, 0.3) is 0 Å². The van der Waals surface area contributed by atoms with Crippen LogP contribution < -0.4 is 5.19 Å². The van der Waals surface area contributed by atoms with Crippen LogP contribution in [0.5, 0.6) is 0 Å². The van der Waals surface area contributed by atoms with Crippen LogP contribution in [0.1, 0.15) is 56.6 Å². The molecule has 1 heteroatoms. The monoisotopic (exact) mass is 246 g/mol. The number of benzene rings is 1. The zero-order valence-corrected chi connectivity index (χ0v) is 12.7. The van der Waals surface area contributed by atoms with Crippen molar-refractivity contribution in [1.29, 1.82) is 0 Å². The van der Waals surface area contributed by atoms with Crippen LogP contribution in [0.3, 0.4) is 0 Å². The maximum atomic E-state index is 2.30. The average molecular weight is 246 g/mol. The molecule has 1 aromatic rings. The fraction of sp³-hybridized carbons (Fsp3) is 0.625. The Labute approximate surface area is 110 Å². The van der Waals surface area contributed by atoms with E-state index < -0.39 is 0 Å². The predicted octanol–water partition coefficient (Wildman–Crippen LogP) is 4.41. The second-order valence-electron chi connectivity index (χ2n) is 4.94.